The standard InChI is InChI=1S/C21H34O7Si4/c1-29(2,27-31(5,6)23)19-13-9-17(10-14-19)25-21(22)26-18-11-15-20(16-12-18)30(3,4)28-32(7,8)24/h9-16,23-24H,1-8H3. The van der Waals surface area contributed by atoms with E-state index >= 15 is 0 Å². The summed E-state index contributed by atoms with van der Waals surface area (Å²) in [6, 6.07) is 14.2. The molecule has 0 aliphatic heterocycles. The number of benzene rings is 2. The lowest BCUT2D eigenvalue weighted by Gasteiger charge is -2.30. The Morgan fingerprint density at radius 2 is 0.875 bits per heavy atom. The summed E-state index contributed by atoms with van der Waals surface area (Å²) in [7, 11) is -9.80. The number of rotatable bonds is 8. The van der Waals surface area contributed by atoms with Gasteiger partial charge in [-0.05, 0) is 87.0 Å². The third-order valence-corrected chi connectivity index (χ3v) is 16.0. The van der Waals surface area contributed by atoms with Gasteiger partial charge in [0.1, 0.15) is 11.5 Å². The molecule has 0 atom stereocenters. The molecule has 0 radical (unpaired) electrons. The zero-order chi connectivity index (χ0) is 24.4. The molecule has 0 aliphatic carbocycles. The molecule has 0 fully saturated rings. The highest BCUT2D eigenvalue weighted by Gasteiger charge is 2.34. The van der Waals surface area contributed by atoms with Gasteiger partial charge < -0.3 is 27.3 Å². The van der Waals surface area contributed by atoms with E-state index in [0.29, 0.717) is 11.5 Å². The van der Waals surface area contributed by atoms with Crippen LogP contribution in [0.2, 0.25) is 52.4 Å². The molecule has 2 rings (SSSR count). The minimum Gasteiger partial charge on any atom is -0.432 e. The summed E-state index contributed by atoms with van der Waals surface area (Å²) >= 11 is 0. The Morgan fingerprint density at radius 3 is 1.12 bits per heavy atom. The summed E-state index contributed by atoms with van der Waals surface area (Å²) in [5, 5.41) is 1.98. The molecule has 32 heavy (non-hydrogen) atoms. The van der Waals surface area contributed by atoms with Crippen LogP contribution in [-0.2, 0) is 8.23 Å². The topological polar surface area (TPSA) is 94.5 Å². The number of carbonyl (C=O) groups excluding carboxylic acids is 1. The summed E-state index contributed by atoms with van der Waals surface area (Å²) in [4.78, 5) is 32.4. The van der Waals surface area contributed by atoms with Gasteiger partial charge >= 0.3 is 23.3 Å². The van der Waals surface area contributed by atoms with Crippen LogP contribution in [0.4, 0.5) is 4.79 Å². The number of hydrogen-bond acceptors (Lipinski definition) is 7. The maximum Gasteiger partial charge on any atom is 0.519 e. The number of carbonyl (C=O) groups is 1. The second-order valence-corrected chi connectivity index (χ2v) is 24.2. The molecule has 176 valence electrons. The summed E-state index contributed by atoms with van der Waals surface area (Å²) in [5.41, 5.74) is 0. The van der Waals surface area contributed by atoms with Gasteiger partial charge in [-0.25, -0.2) is 4.79 Å². The molecule has 2 aromatic carbocycles. The lowest BCUT2D eigenvalue weighted by molar-refractivity contribution is 0.152. The Hall–Kier alpha value is -1.58. The molecular weight excluding hydrogens is 477 g/mol. The number of ether oxygens (including phenoxy) is 2. The van der Waals surface area contributed by atoms with Gasteiger partial charge in [0.15, 0.2) is 0 Å². The molecule has 0 bridgehead atoms. The van der Waals surface area contributed by atoms with Crippen molar-refractivity contribution in [2.75, 3.05) is 0 Å². The quantitative estimate of drug-likeness (QED) is 0.319. The first-order valence-corrected chi connectivity index (χ1v) is 22.0. The fraction of sp³-hybridized carbons (Fsp3) is 0.381. The van der Waals surface area contributed by atoms with Crippen molar-refractivity contribution < 1.29 is 32.1 Å². The molecule has 0 saturated heterocycles. The minimum absolute atomic E-state index is 0.359. The SMILES string of the molecule is C[Si](C)(O)O[Si](C)(C)c1ccc(OC(=O)Oc2ccc([Si](C)(C)O[Si](C)(C)O)cc2)cc1. The molecule has 0 saturated carbocycles. The third-order valence-electron chi connectivity index (χ3n) is 4.51. The van der Waals surface area contributed by atoms with Gasteiger partial charge in [0, 0.05) is 0 Å². The predicted molar refractivity (Wildman–Crippen MR) is 135 cm³/mol. The van der Waals surface area contributed by atoms with Crippen LogP contribution in [0.3, 0.4) is 0 Å². The van der Waals surface area contributed by atoms with Gasteiger partial charge in [-0.2, -0.15) is 0 Å². The summed E-state index contributed by atoms with van der Waals surface area (Å²) < 4.78 is 22.5. The van der Waals surface area contributed by atoms with Crippen molar-refractivity contribution in [3.8, 4) is 11.5 Å². The Kier molecular flexibility index (Phi) is 8.11. The van der Waals surface area contributed by atoms with Gasteiger partial charge in [-0.1, -0.05) is 24.3 Å². The lowest BCUT2D eigenvalue weighted by Crippen LogP contribution is -2.52. The van der Waals surface area contributed by atoms with Gasteiger partial charge in [0.2, 0.25) is 16.6 Å². The Morgan fingerprint density at radius 1 is 0.594 bits per heavy atom. The van der Waals surface area contributed by atoms with Crippen LogP contribution in [0.25, 0.3) is 0 Å². The van der Waals surface area contributed by atoms with Crippen LogP contribution in [0.5, 0.6) is 11.5 Å². The first-order chi connectivity index (χ1) is 14.5. The third kappa shape index (κ3) is 8.40. The van der Waals surface area contributed by atoms with Crippen LogP contribution in [-0.4, -0.2) is 49.5 Å². The Labute approximate surface area is 194 Å². The maximum absolute atomic E-state index is 12.2. The molecule has 0 unspecified atom stereocenters. The van der Waals surface area contributed by atoms with E-state index in [1.807, 2.05) is 50.5 Å². The van der Waals surface area contributed by atoms with E-state index in [1.165, 1.54) is 0 Å². The Bertz CT molecular complexity index is 840. The van der Waals surface area contributed by atoms with Crippen molar-refractivity contribution in [1.29, 1.82) is 0 Å². The molecule has 0 aromatic heterocycles. The molecule has 0 heterocycles. The average Bonchev–Trinajstić information content (AvgIpc) is 2.58. The van der Waals surface area contributed by atoms with Gasteiger partial charge in [-0.3, -0.25) is 0 Å². The summed E-state index contributed by atoms with van der Waals surface area (Å²) in [6.07, 6.45) is -0.834. The normalized spacial score (nSPS) is 13.1. The van der Waals surface area contributed by atoms with Crippen molar-refractivity contribution >= 4 is 50.3 Å². The molecule has 11 heteroatoms. The fourth-order valence-electron chi connectivity index (χ4n) is 3.43. The van der Waals surface area contributed by atoms with Gasteiger partial charge in [0.05, 0.1) is 0 Å². The van der Waals surface area contributed by atoms with Crippen molar-refractivity contribution in [2.45, 2.75) is 52.4 Å². The van der Waals surface area contributed by atoms with E-state index in [0.717, 1.165) is 10.4 Å². The first-order valence-electron chi connectivity index (χ1n) is 10.4. The van der Waals surface area contributed by atoms with E-state index in [1.54, 1.807) is 50.5 Å². The zero-order valence-electron chi connectivity index (χ0n) is 20.1. The van der Waals surface area contributed by atoms with Crippen LogP contribution in [0.1, 0.15) is 0 Å². The highest BCUT2D eigenvalue weighted by atomic mass is 28.4. The predicted octanol–water partition coefficient (Wildman–Crippen LogP) is 3.51. The maximum atomic E-state index is 12.2. The van der Waals surface area contributed by atoms with Crippen LogP contribution in [0.15, 0.2) is 48.5 Å². The highest BCUT2D eigenvalue weighted by Crippen LogP contribution is 2.18. The van der Waals surface area contributed by atoms with Crippen molar-refractivity contribution in [3.05, 3.63) is 48.5 Å². The fourth-order valence-corrected chi connectivity index (χ4v) is 16.3. The molecule has 7 nitrogen and oxygen atoms in total. The molecule has 2 N–H and O–H groups in total. The first kappa shape index (κ1) is 26.7. The van der Waals surface area contributed by atoms with E-state index in [9.17, 15) is 14.4 Å². The monoisotopic (exact) mass is 510 g/mol. The smallest absolute Gasteiger partial charge is 0.432 e. The molecular formula is C21H34O7Si4. The van der Waals surface area contributed by atoms with Gasteiger partial charge in [0.25, 0.3) is 0 Å². The second kappa shape index (κ2) is 9.73. The van der Waals surface area contributed by atoms with Crippen LogP contribution >= 0.6 is 0 Å². The molecule has 0 amide bonds. The zero-order valence-corrected chi connectivity index (χ0v) is 24.1. The van der Waals surface area contributed by atoms with Crippen LogP contribution in [0, 0.1) is 0 Å². The summed E-state index contributed by atoms with van der Waals surface area (Å²) in [5.74, 6) is 0.718. The highest BCUT2D eigenvalue weighted by molar-refractivity contribution is 6.91. The largest absolute Gasteiger partial charge is 0.519 e. The van der Waals surface area contributed by atoms with Crippen molar-refractivity contribution in [1.82, 2.24) is 0 Å². The van der Waals surface area contributed by atoms with E-state index in [2.05, 4.69) is 0 Å². The lowest BCUT2D eigenvalue weighted by atomic mass is 10.3. The molecule has 0 spiro atoms. The molecule has 2 aromatic rings. The minimum atomic E-state index is -2.65. The van der Waals surface area contributed by atoms with E-state index in [-0.39, 0.29) is 0 Å². The van der Waals surface area contributed by atoms with E-state index in [4.69, 9.17) is 17.7 Å². The Balaban J connectivity index is 1.99. The van der Waals surface area contributed by atoms with E-state index < -0.39 is 39.9 Å². The van der Waals surface area contributed by atoms with Crippen LogP contribution < -0.4 is 19.8 Å². The van der Waals surface area contributed by atoms with Gasteiger partial charge in [-0.15, -0.1) is 0 Å². The number of hydrogen-bond donors (Lipinski definition) is 2. The second-order valence-electron chi connectivity index (χ2n) is 9.62. The molecule has 0 aliphatic rings. The summed E-state index contributed by atoms with van der Waals surface area (Å²) in [6.45, 7) is 15.0. The van der Waals surface area contributed by atoms with Crippen molar-refractivity contribution in [3.63, 3.8) is 0 Å². The average molecular weight is 511 g/mol. The van der Waals surface area contributed by atoms with Crippen molar-refractivity contribution in [2.24, 2.45) is 0 Å².